The predicted molar refractivity (Wildman–Crippen MR) is 102 cm³/mol. The number of anilines is 1. The van der Waals surface area contributed by atoms with E-state index in [1.165, 1.54) is 19.2 Å². The van der Waals surface area contributed by atoms with Gasteiger partial charge in [-0.1, -0.05) is 6.07 Å². The van der Waals surface area contributed by atoms with Crippen molar-refractivity contribution in [2.45, 2.75) is 44.4 Å². The summed E-state index contributed by atoms with van der Waals surface area (Å²) >= 11 is 0. The second kappa shape index (κ2) is 10.4. The molecule has 1 amide bonds. The molecular weight excluding hydrogens is 482 g/mol. The fraction of sp³-hybridized carbons (Fsp3) is 0.526. The Labute approximate surface area is 189 Å². The van der Waals surface area contributed by atoms with E-state index in [4.69, 9.17) is 4.74 Å². The van der Waals surface area contributed by atoms with Crippen molar-refractivity contribution >= 4 is 23.5 Å². The molecule has 192 valence electrons. The van der Waals surface area contributed by atoms with E-state index in [-0.39, 0.29) is 0 Å². The number of ether oxygens (including phenoxy) is 3. The van der Waals surface area contributed by atoms with Crippen molar-refractivity contribution in [2.75, 3.05) is 25.6 Å². The van der Waals surface area contributed by atoms with Gasteiger partial charge >= 0.3 is 30.0 Å². The Balaban J connectivity index is 3.86. The third kappa shape index (κ3) is 5.46. The second-order valence-electron chi connectivity index (χ2n) is 6.62. The highest BCUT2D eigenvalue weighted by atomic mass is 19.4. The molecule has 0 aliphatic heterocycles. The molecule has 9 nitrogen and oxygen atoms in total. The Hall–Kier alpha value is -3.23. The number of benzene rings is 1. The van der Waals surface area contributed by atoms with Crippen molar-refractivity contribution in [3.8, 4) is 5.75 Å². The van der Waals surface area contributed by atoms with E-state index in [1.807, 2.05) is 0 Å². The first-order valence-electron chi connectivity index (χ1n) is 9.47. The van der Waals surface area contributed by atoms with Crippen LogP contribution in [0, 0.1) is 0 Å². The summed E-state index contributed by atoms with van der Waals surface area (Å²) in [4.78, 5) is 35.9. The lowest BCUT2D eigenvalue weighted by Crippen LogP contribution is -2.69. The molecule has 2 atom stereocenters. The average Bonchev–Trinajstić information content (AvgIpc) is 2.70. The molecule has 0 saturated heterocycles. The van der Waals surface area contributed by atoms with E-state index in [0.717, 1.165) is 7.11 Å². The zero-order chi connectivity index (χ0) is 26.5. The number of halogens is 6. The first-order valence-corrected chi connectivity index (χ1v) is 9.47. The maximum atomic E-state index is 14.1. The number of hydrogen-bond acceptors (Lipinski definition) is 8. The van der Waals surface area contributed by atoms with Crippen molar-refractivity contribution in [2.24, 2.45) is 0 Å². The van der Waals surface area contributed by atoms with E-state index in [2.05, 4.69) is 9.47 Å². The Kier molecular flexibility index (Phi) is 8.78. The standard InChI is InChI=1S/C19H22F6N2O7/c1-5-33-14(29)16(31,18(20,21)22)11-7-8-13(32-4)12(9-11)27-17(19(23,24)25,26-10(3)28)15(30)34-6-2/h7-9,27,31H,5-6H2,1-4H3,(H,26,28). The highest BCUT2D eigenvalue weighted by molar-refractivity contribution is 5.91. The lowest BCUT2D eigenvalue weighted by Gasteiger charge is -2.36. The number of methoxy groups -OCH3 is 1. The minimum Gasteiger partial charge on any atom is -0.495 e. The molecule has 0 bridgehead atoms. The molecule has 0 aliphatic carbocycles. The summed E-state index contributed by atoms with van der Waals surface area (Å²) in [6, 6.07) is 1.56. The topological polar surface area (TPSA) is 123 Å². The van der Waals surface area contributed by atoms with Gasteiger partial charge in [-0.15, -0.1) is 0 Å². The monoisotopic (exact) mass is 504 g/mol. The summed E-state index contributed by atoms with van der Waals surface area (Å²) in [5, 5.41) is 13.2. The Morgan fingerprint density at radius 3 is 1.88 bits per heavy atom. The molecule has 0 heterocycles. The smallest absolute Gasteiger partial charge is 0.441 e. The summed E-state index contributed by atoms with van der Waals surface area (Å²) in [5.41, 5.74) is -10.5. The molecule has 0 aromatic heterocycles. The van der Waals surface area contributed by atoms with Crippen LogP contribution in [0.15, 0.2) is 18.2 Å². The van der Waals surface area contributed by atoms with Crippen molar-refractivity contribution in [1.82, 2.24) is 5.32 Å². The van der Waals surface area contributed by atoms with Gasteiger partial charge in [-0.05, 0) is 26.0 Å². The molecule has 2 unspecified atom stereocenters. The lowest BCUT2D eigenvalue weighted by atomic mass is 9.92. The van der Waals surface area contributed by atoms with Crippen molar-refractivity contribution in [1.29, 1.82) is 0 Å². The van der Waals surface area contributed by atoms with Gasteiger partial charge in [0.25, 0.3) is 5.60 Å². The van der Waals surface area contributed by atoms with Gasteiger partial charge in [-0.25, -0.2) is 9.59 Å². The number of aliphatic hydroxyl groups is 1. The van der Waals surface area contributed by atoms with Gasteiger partial charge < -0.3 is 30.0 Å². The van der Waals surface area contributed by atoms with E-state index >= 15 is 0 Å². The largest absolute Gasteiger partial charge is 0.495 e. The molecular formula is C19H22F6N2O7. The fourth-order valence-corrected chi connectivity index (χ4v) is 2.76. The van der Waals surface area contributed by atoms with Crippen molar-refractivity contribution in [3.05, 3.63) is 23.8 Å². The first-order chi connectivity index (χ1) is 15.5. The van der Waals surface area contributed by atoms with Gasteiger partial charge in [0, 0.05) is 12.5 Å². The lowest BCUT2D eigenvalue weighted by molar-refractivity contribution is -0.267. The number of rotatable bonds is 9. The van der Waals surface area contributed by atoms with Gasteiger partial charge in [0.05, 0.1) is 26.0 Å². The van der Waals surface area contributed by atoms with E-state index in [1.54, 1.807) is 5.32 Å². The van der Waals surface area contributed by atoms with Crippen LogP contribution in [0.3, 0.4) is 0 Å². The minimum absolute atomic E-state index is 0.296. The summed E-state index contributed by atoms with van der Waals surface area (Å²) in [5.74, 6) is -6.08. The molecule has 0 radical (unpaired) electrons. The fourth-order valence-electron chi connectivity index (χ4n) is 2.76. The Morgan fingerprint density at radius 2 is 1.47 bits per heavy atom. The summed E-state index contributed by atoms with van der Waals surface area (Å²) in [6.45, 7) is 1.89. The summed E-state index contributed by atoms with van der Waals surface area (Å²) in [6.07, 6.45) is -11.3. The predicted octanol–water partition coefficient (Wildman–Crippen LogP) is 2.38. The van der Waals surface area contributed by atoms with Crippen LogP contribution in [0.4, 0.5) is 32.0 Å². The summed E-state index contributed by atoms with van der Waals surface area (Å²) in [7, 11) is 0.944. The number of carbonyl (C=O) groups is 3. The Morgan fingerprint density at radius 1 is 0.941 bits per heavy atom. The molecule has 0 fully saturated rings. The third-order valence-corrected chi connectivity index (χ3v) is 4.29. The number of carbonyl (C=O) groups excluding carboxylic acids is 3. The van der Waals surface area contributed by atoms with Gasteiger partial charge in [0.1, 0.15) is 5.75 Å². The van der Waals surface area contributed by atoms with Crippen LogP contribution in [0.25, 0.3) is 0 Å². The minimum atomic E-state index is -5.66. The maximum absolute atomic E-state index is 14.1. The highest BCUT2D eigenvalue weighted by Gasteiger charge is 2.65. The van der Waals surface area contributed by atoms with Crippen LogP contribution in [-0.4, -0.2) is 61.3 Å². The molecule has 1 aromatic carbocycles. The van der Waals surface area contributed by atoms with Gasteiger partial charge in [0.2, 0.25) is 5.91 Å². The van der Waals surface area contributed by atoms with Crippen LogP contribution >= 0.6 is 0 Å². The molecule has 0 aliphatic rings. The SMILES string of the molecule is CCOC(=O)C(NC(C)=O)(Nc1cc(C(O)(C(=O)OCC)C(F)(F)F)ccc1OC)C(F)(F)F. The zero-order valence-electron chi connectivity index (χ0n) is 18.3. The normalized spacial score (nSPS) is 15.4. The van der Waals surface area contributed by atoms with E-state index < -0.39 is 71.7 Å². The van der Waals surface area contributed by atoms with Gasteiger partial charge in [0.15, 0.2) is 0 Å². The first kappa shape index (κ1) is 28.8. The maximum Gasteiger partial charge on any atom is 0.441 e. The van der Waals surface area contributed by atoms with Crippen LogP contribution in [0.1, 0.15) is 26.3 Å². The van der Waals surface area contributed by atoms with Crippen molar-refractivity contribution < 1.29 is 60.0 Å². The molecule has 34 heavy (non-hydrogen) atoms. The number of alkyl halides is 6. The average molecular weight is 504 g/mol. The molecule has 0 saturated carbocycles. The number of esters is 2. The zero-order valence-corrected chi connectivity index (χ0v) is 18.3. The van der Waals surface area contributed by atoms with Crippen LogP contribution in [0.2, 0.25) is 0 Å². The molecule has 1 aromatic rings. The van der Waals surface area contributed by atoms with E-state index in [0.29, 0.717) is 25.1 Å². The van der Waals surface area contributed by atoms with Gasteiger partial charge in [-0.2, -0.15) is 26.3 Å². The molecule has 0 spiro atoms. The van der Waals surface area contributed by atoms with Crippen LogP contribution in [0.5, 0.6) is 5.75 Å². The number of nitrogens with one attached hydrogen (secondary N) is 2. The van der Waals surface area contributed by atoms with E-state index in [9.17, 15) is 45.8 Å². The molecule has 1 rings (SSSR count). The van der Waals surface area contributed by atoms with Crippen LogP contribution in [-0.2, 0) is 29.5 Å². The third-order valence-electron chi connectivity index (χ3n) is 4.29. The molecule has 3 N–H and O–H groups in total. The quantitative estimate of drug-likeness (QED) is 0.266. The summed E-state index contributed by atoms with van der Waals surface area (Å²) < 4.78 is 96.8. The highest BCUT2D eigenvalue weighted by Crippen LogP contribution is 2.43. The van der Waals surface area contributed by atoms with Gasteiger partial charge in [-0.3, -0.25) is 4.79 Å². The van der Waals surface area contributed by atoms with Crippen LogP contribution < -0.4 is 15.4 Å². The molecule has 15 heteroatoms. The van der Waals surface area contributed by atoms with Crippen molar-refractivity contribution in [3.63, 3.8) is 0 Å². The number of amides is 1. The second-order valence-corrected chi connectivity index (χ2v) is 6.62. The Bertz CT molecular complexity index is 921. The number of hydrogen-bond donors (Lipinski definition) is 3.